The zero-order chi connectivity index (χ0) is 11.4. The van der Waals surface area contributed by atoms with Crippen molar-refractivity contribution in [1.29, 1.82) is 0 Å². The summed E-state index contributed by atoms with van der Waals surface area (Å²) < 4.78 is 13.0. The quantitative estimate of drug-likeness (QED) is 0.710. The fraction of sp³-hybridized carbons (Fsp3) is 0.100. The molecule has 0 heterocycles. The monoisotopic (exact) mass is 207 g/mol. The molecule has 0 unspecified atom stereocenters. The van der Waals surface area contributed by atoms with Gasteiger partial charge in [-0.3, -0.25) is 4.79 Å². The maximum atomic E-state index is 13.0. The molecule has 2 amide bonds. The first-order valence-corrected chi connectivity index (χ1v) is 4.07. The predicted octanol–water partition coefficient (Wildman–Crippen LogP) is 1.56. The molecule has 0 fully saturated rings. The van der Waals surface area contributed by atoms with Crippen LogP contribution in [0.1, 0.15) is 5.56 Å². The number of halogens is 1. The lowest BCUT2D eigenvalue weighted by atomic mass is 10.2. The summed E-state index contributed by atoms with van der Waals surface area (Å²) in [6, 6.07) is 4.06. The van der Waals surface area contributed by atoms with Gasteiger partial charge in [-0.1, -0.05) is 6.07 Å². The number of amides is 2. The highest BCUT2D eigenvalue weighted by Crippen LogP contribution is 2.13. The van der Waals surface area contributed by atoms with Gasteiger partial charge in [-0.2, -0.15) is 4.79 Å². The van der Waals surface area contributed by atoms with Crippen LogP contribution in [0.25, 0.3) is 4.85 Å². The number of hydrogen-bond donors (Lipinski definition) is 1. The van der Waals surface area contributed by atoms with Crippen molar-refractivity contribution in [1.82, 2.24) is 0 Å². The molecule has 0 radical (unpaired) electrons. The van der Waals surface area contributed by atoms with Gasteiger partial charge in [0.15, 0.2) is 0 Å². The molecule has 1 aromatic rings. The van der Waals surface area contributed by atoms with E-state index in [-0.39, 0.29) is 5.69 Å². The average Bonchev–Trinajstić information content (AvgIpc) is 2.22. The Morgan fingerprint density at radius 1 is 1.47 bits per heavy atom. The van der Waals surface area contributed by atoms with Gasteiger partial charge in [0.25, 0.3) is 6.57 Å². The van der Waals surface area contributed by atoms with Crippen LogP contribution in [0, 0.1) is 19.3 Å². The minimum Gasteiger partial charge on any atom is -0.312 e. The maximum absolute atomic E-state index is 13.0. The van der Waals surface area contributed by atoms with E-state index in [4.69, 9.17) is 0 Å². The SMILES string of the molecule is C#[N+]C(=O)C(=O)Nc1ccc(C)c(F)c1. The molecule has 0 aromatic heterocycles. The molecule has 0 aliphatic carbocycles. The van der Waals surface area contributed by atoms with E-state index in [9.17, 15) is 14.0 Å². The van der Waals surface area contributed by atoms with Crippen LogP contribution in [-0.4, -0.2) is 11.8 Å². The maximum Gasteiger partial charge on any atom is 0.605 e. The molecule has 0 bridgehead atoms. The molecule has 4 nitrogen and oxygen atoms in total. The van der Waals surface area contributed by atoms with Gasteiger partial charge in [-0.05, 0) is 24.6 Å². The summed E-state index contributed by atoms with van der Waals surface area (Å²) in [5.74, 6) is -2.58. The average molecular weight is 207 g/mol. The summed E-state index contributed by atoms with van der Waals surface area (Å²) in [5.41, 5.74) is 0.628. The van der Waals surface area contributed by atoms with Crippen LogP contribution in [-0.2, 0) is 9.59 Å². The van der Waals surface area contributed by atoms with Gasteiger partial charge in [-0.25, -0.2) is 4.39 Å². The number of anilines is 1. The Hall–Kier alpha value is -2.22. The fourth-order valence-electron chi connectivity index (χ4n) is 0.914. The van der Waals surface area contributed by atoms with Gasteiger partial charge in [-0.15, -0.1) is 0 Å². The molecule has 0 aliphatic heterocycles. The third-order valence-corrected chi connectivity index (χ3v) is 1.74. The highest BCUT2D eigenvalue weighted by Gasteiger charge is 2.23. The molecule has 1 rings (SSSR count). The number of benzene rings is 1. The predicted molar refractivity (Wildman–Crippen MR) is 53.1 cm³/mol. The van der Waals surface area contributed by atoms with Crippen molar-refractivity contribution in [2.24, 2.45) is 0 Å². The van der Waals surface area contributed by atoms with Crippen LogP contribution in [0.4, 0.5) is 10.1 Å². The van der Waals surface area contributed by atoms with Crippen LogP contribution in [0.5, 0.6) is 0 Å². The van der Waals surface area contributed by atoms with Gasteiger partial charge in [0.05, 0.1) is 0 Å². The number of aryl methyl sites for hydroxylation is 1. The van der Waals surface area contributed by atoms with Gasteiger partial charge < -0.3 is 5.32 Å². The Labute approximate surface area is 85.5 Å². The van der Waals surface area contributed by atoms with E-state index in [2.05, 4.69) is 16.7 Å². The Balaban J connectivity index is 2.83. The van der Waals surface area contributed by atoms with E-state index in [1.54, 1.807) is 6.92 Å². The van der Waals surface area contributed by atoms with Crippen LogP contribution >= 0.6 is 0 Å². The normalized spacial score (nSPS) is 9.13. The third-order valence-electron chi connectivity index (χ3n) is 1.74. The van der Waals surface area contributed by atoms with Crippen LogP contribution in [0.15, 0.2) is 18.2 Å². The third kappa shape index (κ3) is 2.61. The molecule has 76 valence electrons. The smallest absolute Gasteiger partial charge is 0.312 e. The second kappa shape index (κ2) is 4.33. The van der Waals surface area contributed by atoms with Crippen molar-refractivity contribution in [3.8, 4) is 6.57 Å². The minimum atomic E-state index is -1.11. The summed E-state index contributed by atoms with van der Waals surface area (Å²) in [6.45, 7) is 6.21. The number of carbonyl (C=O) groups is 2. The molecule has 0 aliphatic rings. The number of carbonyl (C=O) groups excluding carboxylic acids is 2. The fourth-order valence-corrected chi connectivity index (χ4v) is 0.914. The molecule has 5 heteroatoms. The molecule has 1 N–H and O–H groups in total. The number of nitrogens with zero attached hydrogens (tertiary/aromatic N) is 1. The highest BCUT2D eigenvalue weighted by molar-refractivity contribution is 6.43. The topological polar surface area (TPSA) is 50.5 Å². The highest BCUT2D eigenvalue weighted by atomic mass is 19.1. The first-order chi connectivity index (χ1) is 7.04. The lowest BCUT2D eigenvalue weighted by Crippen LogP contribution is -2.19. The standard InChI is InChI=1S/C10H7FN2O2/c1-6-3-4-7(5-8(6)11)13-10(15)9(14)12-2/h2-5H,1H3/p+1. The van der Waals surface area contributed by atoms with E-state index in [1.807, 2.05) is 0 Å². The lowest BCUT2D eigenvalue weighted by Gasteiger charge is -2.01. The van der Waals surface area contributed by atoms with E-state index in [1.165, 1.54) is 12.1 Å². The van der Waals surface area contributed by atoms with E-state index in [0.29, 0.717) is 5.56 Å². The van der Waals surface area contributed by atoms with Crippen molar-refractivity contribution in [3.63, 3.8) is 0 Å². The molecule has 1 aromatic carbocycles. The van der Waals surface area contributed by atoms with Crippen molar-refractivity contribution < 1.29 is 14.0 Å². The second-order valence-electron chi connectivity index (χ2n) is 2.85. The molecular weight excluding hydrogens is 199 g/mol. The van der Waals surface area contributed by atoms with Crippen LogP contribution < -0.4 is 5.32 Å². The van der Waals surface area contributed by atoms with Gasteiger partial charge in [0, 0.05) is 10.5 Å². The summed E-state index contributed by atoms with van der Waals surface area (Å²) in [7, 11) is 0. The summed E-state index contributed by atoms with van der Waals surface area (Å²) in [5, 5.41) is 2.16. The van der Waals surface area contributed by atoms with Crippen LogP contribution in [0.3, 0.4) is 0 Å². The van der Waals surface area contributed by atoms with Gasteiger partial charge in [0.2, 0.25) is 0 Å². The Kier molecular flexibility index (Phi) is 3.13. The largest absolute Gasteiger partial charge is 0.605 e. The molecular formula is C10H8FN2O2+. The molecule has 15 heavy (non-hydrogen) atoms. The second-order valence-corrected chi connectivity index (χ2v) is 2.85. The van der Waals surface area contributed by atoms with Gasteiger partial charge in [0.1, 0.15) is 5.82 Å². The number of nitrogens with one attached hydrogen (secondary N) is 1. The van der Waals surface area contributed by atoms with Crippen LogP contribution in [0.2, 0.25) is 0 Å². The number of hydrogen-bond acceptors (Lipinski definition) is 2. The van der Waals surface area contributed by atoms with E-state index >= 15 is 0 Å². The zero-order valence-electron chi connectivity index (χ0n) is 7.95. The Bertz CT molecular complexity index is 463. The minimum absolute atomic E-state index is 0.181. The van der Waals surface area contributed by atoms with E-state index in [0.717, 1.165) is 6.07 Å². The van der Waals surface area contributed by atoms with Crippen molar-refractivity contribution in [2.75, 3.05) is 5.32 Å². The van der Waals surface area contributed by atoms with Gasteiger partial charge >= 0.3 is 11.8 Å². The Morgan fingerprint density at radius 2 is 2.13 bits per heavy atom. The Morgan fingerprint density at radius 3 is 2.67 bits per heavy atom. The lowest BCUT2D eigenvalue weighted by molar-refractivity contribution is -0.132. The summed E-state index contributed by atoms with van der Waals surface area (Å²) in [4.78, 5) is 24.3. The molecule has 0 saturated heterocycles. The van der Waals surface area contributed by atoms with Crippen molar-refractivity contribution in [3.05, 3.63) is 34.4 Å². The number of rotatable bonds is 1. The van der Waals surface area contributed by atoms with Crippen molar-refractivity contribution in [2.45, 2.75) is 6.92 Å². The first kappa shape index (κ1) is 10.9. The van der Waals surface area contributed by atoms with Crippen molar-refractivity contribution >= 4 is 17.5 Å². The molecule has 0 saturated carbocycles. The first-order valence-electron chi connectivity index (χ1n) is 4.07. The zero-order valence-corrected chi connectivity index (χ0v) is 7.95. The molecule has 0 atom stereocenters. The molecule has 0 spiro atoms. The van der Waals surface area contributed by atoms with E-state index < -0.39 is 17.6 Å². The summed E-state index contributed by atoms with van der Waals surface area (Å²) >= 11 is 0. The summed E-state index contributed by atoms with van der Waals surface area (Å²) in [6.07, 6.45) is 0.